The van der Waals surface area contributed by atoms with E-state index in [0.29, 0.717) is 34.7 Å². The smallest absolute Gasteiger partial charge is 0.344 e. The van der Waals surface area contributed by atoms with Crippen LogP contribution < -0.4 is 9.47 Å². The van der Waals surface area contributed by atoms with Crippen LogP contribution in [0.5, 0.6) is 11.5 Å². The molecule has 3 rings (SSSR count). The number of nitrogens with zero attached hydrogens (tertiary/aromatic N) is 2. The molecule has 7 nitrogen and oxygen atoms in total. The van der Waals surface area contributed by atoms with Gasteiger partial charge in [-0.05, 0) is 67.9 Å². The lowest BCUT2D eigenvalue weighted by Gasteiger charge is -2.14. The number of methoxy groups -OCH3 is 1. The summed E-state index contributed by atoms with van der Waals surface area (Å²) in [5.74, 6) is 0.377. The average molecular weight is 483 g/mol. The number of esters is 1. The highest BCUT2D eigenvalue weighted by molar-refractivity contribution is 8.18. The average Bonchev–Trinajstić information content (AvgIpc) is 3.12. The molecule has 0 aromatic heterocycles. The number of thioether (sulfide) groups is 1. The van der Waals surface area contributed by atoms with Crippen LogP contribution in [0.15, 0.2) is 52.4 Å². The van der Waals surface area contributed by atoms with Gasteiger partial charge in [0.2, 0.25) is 0 Å². The Morgan fingerprint density at radius 3 is 2.56 bits per heavy atom. The Bertz CT molecular complexity index is 1080. The first-order chi connectivity index (χ1) is 16.4. The van der Waals surface area contributed by atoms with Crippen molar-refractivity contribution in [1.29, 1.82) is 0 Å². The number of carbonyl (C=O) groups excluding carboxylic acids is 2. The van der Waals surface area contributed by atoms with E-state index < -0.39 is 5.97 Å². The van der Waals surface area contributed by atoms with Gasteiger partial charge in [-0.15, -0.1) is 0 Å². The van der Waals surface area contributed by atoms with E-state index in [9.17, 15) is 9.59 Å². The Labute approximate surface area is 204 Å². The fourth-order valence-corrected chi connectivity index (χ4v) is 4.24. The second-order valence-corrected chi connectivity index (χ2v) is 8.66. The second kappa shape index (κ2) is 12.3. The van der Waals surface area contributed by atoms with Gasteiger partial charge in [0.05, 0.1) is 24.3 Å². The van der Waals surface area contributed by atoms with E-state index in [1.165, 1.54) is 18.9 Å². The number of amidine groups is 1. The molecule has 0 radical (unpaired) electrons. The molecule has 8 heteroatoms. The molecule has 0 atom stereocenters. The van der Waals surface area contributed by atoms with E-state index in [2.05, 4.69) is 6.92 Å². The molecule has 34 heavy (non-hydrogen) atoms. The van der Waals surface area contributed by atoms with Crippen molar-refractivity contribution >= 4 is 40.6 Å². The summed E-state index contributed by atoms with van der Waals surface area (Å²) in [6.45, 7) is 6.57. The SMILES string of the molecule is CCCCN1C(=O)/C(=C\c2ccc(OCC(=O)OCC)c(OC)c2)SC1=Nc1ccc(C)cc1. The van der Waals surface area contributed by atoms with Gasteiger partial charge in [-0.1, -0.05) is 37.1 Å². The minimum atomic E-state index is -0.448. The van der Waals surface area contributed by atoms with Crippen LogP contribution in [0.25, 0.3) is 6.08 Å². The first-order valence-electron chi connectivity index (χ1n) is 11.3. The van der Waals surface area contributed by atoms with Crippen molar-refractivity contribution in [3.8, 4) is 11.5 Å². The first kappa shape index (κ1) is 25.4. The lowest BCUT2D eigenvalue weighted by Crippen LogP contribution is -2.30. The number of aryl methyl sites for hydroxylation is 1. The van der Waals surface area contributed by atoms with Crippen molar-refractivity contribution in [2.45, 2.75) is 33.6 Å². The van der Waals surface area contributed by atoms with Gasteiger partial charge in [-0.3, -0.25) is 9.69 Å². The molecule has 0 bridgehead atoms. The fourth-order valence-electron chi connectivity index (χ4n) is 3.22. The Morgan fingerprint density at radius 2 is 1.88 bits per heavy atom. The summed E-state index contributed by atoms with van der Waals surface area (Å²) in [6.07, 6.45) is 3.70. The maximum atomic E-state index is 13.2. The third-order valence-electron chi connectivity index (χ3n) is 5.02. The van der Waals surface area contributed by atoms with Gasteiger partial charge in [0.15, 0.2) is 23.3 Å². The van der Waals surface area contributed by atoms with E-state index in [4.69, 9.17) is 19.2 Å². The standard InChI is InChI=1S/C26H30N2O5S/c1-5-7-14-28-25(30)23(34-26(28)27-20-11-8-18(3)9-12-20)16-19-10-13-21(22(15-19)31-4)33-17-24(29)32-6-2/h8-13,15-16H,5-7,14,17H2,1-4H3/b23-16+,27-26?. The van der Waals surface area contributed by atoms with Crippen LogP contribution in [0, 0.1) is 6.92 Å². The zero-order valence-corrected chi connectivity index (χ0v) is 20.8. The molecule has 0 unspecified atom stereocenters. The van der Waals surface area contributed by atoms with Crippen LogP contribution >= 0.6 is 11.8 Å². The highest BCUT2D eigenvalue weighted by atomic mass is 32.2. The third-order valence-corrected chi connectivity index (χ3v) is 6.02. The van der Waals surface area contributed by atoms with Crippen molar-refractivity contribution in [3.63, 3.8) is 0 Å². The molecule has 1 aliphatic heterocycles. The van der Waals surface area contributed by atoms with Gasteiger partial charge in [0, 0.05) is 6.54 Å². The number of hydrogen-bond donors (Lipinski definition) is 0. The minimum Gasteiger partial charge on any atom is -0.493 e. The van der Waals surface area contributed by atoms with Crippen molar-refractivity contribution < 1.29 is 23.8 Å². The molecule has 0 aliphatic carbocycles. The normalized spacial score (nSPS) is 15.8. The largest absolute Gasteiger partial charge is 0.493 e. The number of aliphatic imine (C=N–C) groups is 1. The quantitative estimate of drug-likeness (QED) is 0.336. The molecule has 0 spiro atoms. The highest BCUT2D eigenvalue weighted by Gasteiger charge is 2.33. The molecule has 2 aromatic carbocycles. The molecular weight excluding hydrogens is 452 g/mol. The Kier molecular flexibility index (Phi) is 9.16. The number of amides is 1. The summed E-state index contributed by atoms with van der Waals surface area (Å²) in [5, 5.41) is 0.676. The summed E-state index contributed by atoms with van der Waals surface area (Å²) in [6, 6.07) is 13.2. The topological polar surface area (TPSA) is 77.4 Å². The van der Waals surface area contributed by atoms with Crippen molar-refractivity contribution in [1.82, 2.24) is 4.90 Å². The van der Waals surface area contributed by atoms with Gasteiger partial charge in [0.25, 0.3) is 5.91 Å². The van der Waals surface area contributed by atoms with E-state index in [0.717, 1.165) is 29.7 Å². The van der Waals surface area contributed by atoms with Crippen molar-refractivity contribution in [2.75, 3.05) is 26.9 Å². The van der Waals surface area contributed by atoms with Gasteiger partial charge in [0.1, 0.15) is 0 Å². The molecular formula is C26H30N2O5S. The predicted octanol–water partition coefficient (Wildman–Crippen LogP) is 5.35. The minimum absolute atomic E-state index is 0.0640. The maximum Gasteiger partial charge on any atom is 0.344 e. The molecule has 0 N–H and O–H groups in total. The van der Waals surface area contributed by atoms with Crippen LogP contribution in [0.3, 0.4) is 0 Å². The molecule has 0 saturated carbocycles. The molecule has 180 valence electrons. The van der Waals surface area contributed by atoms with Crippen LogP contribution in [0.2, 0.25) is 0 Å². The number of ether oxygens (including phenoxy) is 3. The van der Waals surface area contributed by atoms with Gasteiger partial charge >= 0.3 is 5.97 Å². The highest BCUT2D eigenvalue weighted by Crippen LogP contribution is 2.36. The molecule has 1 fully saturated rings. The third kappa shape index (κ3) is 6.63. The lowest BCUT2D eigenvalue weighted by molar-refractivity contribution is -0.145. The van der Waals surface area contributed by atoms with E-state index in [-0.39, 0.29) is 12.5 Å². The number of rotatable bonds is 10. The van der Waals surface area contributed by atoms with E-state index >= 15 is 0 Å². The van der Waals surface area contributed by atoms with Gasteiger partial charge in [-0.25, -0.2) is 9.79 Å². The van der Waals surface area contributed by atoms with E-state index in [1.807, 2.05) is 43.3 Å². The number of unbranched alkanes of at least 4 members (excludes halogenated alkanes) is 1. The Hall–Kier alpha value is -3.26. The number of carbonyl (C=O) groups is 2. The lowest BCUT2D eigenvalue weighted by atomic mass is 10.2. The summed E-state index contributed by atoms with van der Waals surface area (Å²) in [5.41, 5.74) is 2.75. The Balaban J connectivity index is 1.84. The van der Waals surface area contributed by atoms with Gasteiger partial charge < -0.3 is 14.2 Å². The molecule has 2 aromatic rings. The van der Waals surface area contributed by atoms with E-state index in [1.54, 1.807) is 24.0 Å². The van der Waals surface area contributed by atoms with Gasteiger partial charge in [-0.2, -0.15) is 0 Å². The molecule has 1 saturated heterocycles. The number of benzene rings is 2. The molecule has 1 amide bonds. The van der Waals surface area contributed by atoms with Crippen LogP contribution in [-0.4, -0.2) is 48.8 Å². The zero-order valence-electron chi connectivity index (χ0n) is 20.0. The number of hydrogen-bond acceptors (Lipinski definition) is 7. The molecule has 1 aliphatic rings. The Morgan fingerprint density at radius 1 is 1.12 bits per heavy atom. The maximum absolute atomic E-state index is 13.2. The monoisotopic (exact) mass is 482 g/mol. The molecule has 1 heterocycles. The summed E-state index contributed by atoms with van der Waals surface area (Å²) in [4.78, 5) is 31.8. The van der Waals surface area contributed by atoms with Crippen LogP contribution in [-0.2, 0) is 14.3 Å². The second-order valence-electron chi connectivity index (χ2n) is 7.65. The summed E-state index contributed by atoms with van der Waals surface area (Å²) < 4.78 is 15.8. The van der Waals surface area contributed by atoms with Crippen molar-refractivity contribution in [3.05, 3.63) is 58.5 Å². The summed E-state index contributed by atoms with van der Waals surface area (Å²) >= 11 is 1.36. The van der Waals surface area contributed by atoms with Crippen LogP contribution in [0.1, 0.15) is 37.8 Å². The summed E-state index contributed by atoms with van der Waals surface area (Å²) in [7, 11) is 1.53. The van der Waals surface area contributed by atoms with Crippen molar-refractivity contribution in [2.24, 2.45) is 4.99 Å². The van der Waals surface area contributed by atoms with Crippen LogP contribution in [0.4, 0.5) is 5.69 Å². The first-order valence-corrected chi connectivity index (χ1v) is 12.1. The predicted molar refractivity (Wildman–Crippen MR) is 136 cm³/mol. The fraction of sp³-hybridized carbons (Fsp3) is 0.346. The zero-order chi connectivity index (χ0) is 24.5.